The molecule has 2 saturated carbocycles. The smallest absolute Gasteiger partial charge is 0.0271 e. The Morgan fingerprint density at radius 1 is 0.900 bits per heavy atom. The molecule has 1 N–H and O–H groups in total. The fourth-order valence-electron chi connectivity index (χ4n) is 5.54. The van der Waals surface area contributed by atoms with Crippen LogP contribution in [0.4, 0.5) is 0 Å². The highest BCUT2D eigenvalue weighted by Gasteiger charge is 2.44. The van der Waals surface area contributed by atoms with Gasteiger partial charge in [0.1, 0.15) is 0 Å². The largest absolute Gasteiger partial charge is 0.315 e. The average Bonchev–Trinajstić information content (AvgIpc) is 2.87. The lowest BCUT2D eigenvalue weighted by atomic mass is 9.69. The van der Waals surface area contributed by atoms with E-state index in [1.165, 1.54) is 70.9 Å². The Labute approximate surface area is 125 Å². The molecule has 0 amide bonds. The van der Waals surface area contributed by atoms with E-state index in [4.69, 9.17) is 0 Å². The van der Waals surface area contributed by atoms with Crippen LogP contribution < -0.4 is 5.32 Å². The van der Waals surface area contributed by atoms with Crippen LogP contribution in [-0.4, -0.2) is 37.1 Å². The average molecular weight is 278 g/mol. The monoisotopic (exact) mass is 278 g/mol. The van der Waals surface area contributed by atoms with Gasteiger partial charge in [-0.05, 0) is 69.5 Å². The first kappa shape index (κ1) is 14.8. The van der Waals surface area contributed by atoms with Crippen molar-refractivity contribution in [3.63, 3.8) is 0 Å². The number of rotatable bonds is 2. The maximum atomic E-state index is 3.66. The lowest BCUT2D eigenvalue weighted by Crippen LogP contribution is -2.59. The van der Waals surface area contributed by atoms with Crippen LogP contribution >= 0.6 is 0 Å². The number of hydrogen-bond donors (Lipinski definition) is 1. The summed E-state index contributed by atoms with van der Waals surface area (Å²) >= 11 is 0. The third kappa shape index (κ3) is 2.66. The van der Waals surface area contributed by atoms with Crippen molar-refractivity contribution in [2.75, 3.05) is 20.1 Å². The molecule has 0 aromatic carbocycles. The van der Waals surface area contributed by atoms with Gasteiger partial charge in [0, 0.05) is 12.1 Å². The van der Waals surface area contributed by atoms with Gasteiger partial charge in [-0.2, -0.15) is 0 Å². The summed E-state index contributed by atoms with van der Waals surface area (Å²) in [7, 11) is 2.17. The second kappa shape index (κ2) is 5.61. The van der Waals surface area contributed by atoms with Crippen molar-refractivity contribution in [1.82, 2.24) is 10.2 Å². The third-order valence-corrected chi connectivity index (χ3v) is 6.85. The molecule has 3 fully saturated rings. The van der Waals surface area contributed by atoms with Crippen molar-refractivity contribution in [3.05, 3.63) is 0 Å². The maximum absolute atomic E-state index is 3.66. The SMILES string of the molecule is CNC1C(N2CCC3(CCCC3)CC2)CCCC1(C)C. The Bertz CT molecular complexity index is 320. The molecule has 3 aliphatic rings. The van der Waals surface area contributed by atoms with Gasteiger partial charge in [-0.3, -0.25) is 4.90 Å². The zero-order chi connectivity index (χ0) is 14.2. The van der Waals surface area contributed by atoms with Gasteiger partial charge in [0.15, 0.2) is 0 Å². The molecule has 116 valence electrons. The fourth-order valence-corrected chi connectivity index (χ4v) is 5.54. The van der Waals surface area contributed by atoms with Crippen molar-refractivity contribution >= 4 is 0 Å². The van der Waals surface area contributed by atoms with Gasteiger partial charge in [-0.1, -0.05) is 33.1 Å². The summed E-state index contributed by atoms with van der Waals surface area (Å²) in [4.78, 5) is 2.84. The highest BCUT2D eigenvalue weighted by molar-refractivity contribution is 5.00. The quantitative estimate of drug-likeness (QED) is 0.826. The van der Waals surface area contributed by atoms with Crippen molar-refractivity contribution in [2.24, 2.45) is 10.8 Å². The predicted molar refractivity (Wildman–Crippen MR) is 86.0 cm³/mol. The normalized spacial score (nSPS) is 37.4. The molecule has 2 nitrogen and oxygen atoms in total. The summed E-state index contributed by atoms with van der Waals surface area (Å²) in [5, 5.41) is 3.66. The molecule has 1 spiro atoms. The zero-order valence-corrected chi connectivity index (χ0v) is 13.9. The van der Waals surface area contributed by atoms with E-state index in [-0.39, 0.29) is 0 Å². The number of likely N-dealkylation sites (tertiary alicyclic amines) is 1. The number of nitrogens with zero attached hydrogens (tertiary/aromatic N) is 1. The molecule has 0 radical (unpaired) electrons. The molecule has 2 unspecified atom stereocenters. The standard InChI is InChI=1S/C18H34N2/c1-17(2)8-6-7-15(16(17)19-3)20-13-11-18(12-14-20)9-4-5-10-18/h15-16,19H,4-14H2,1-3H3. The number of likely N-dealkylation sites (N-methyl/N-ethyl adjacent to an activating group) is 1. The molecule has 20 heavy (non-hydrogen) atoms. The molecule has 3 rings (SSSR count). The van der Waals surface area contributed by atoms with Crippen LogP contribution in [-0.2, 0) is 0 Å². The molecule has 2 heteroatoms. The van der Waals surface area contributed by atoms with E-state index >= 15 is 0 Å². The highest BCUT2D eigenvalue weighted by Crippen LogP contribution is 2.47. The lowest BCUT2D eigenvalue weighted by Gasteiger charge is -2.51. The topological polar surface area (TPSA) is 15.3 Å². The van der Waals surface area contributed by atoms with Gasteiger partial charge >= 0.3 is 0 Å². The van der Waals surface area contributed by atoms with E-state index in [9.17, 15) is 0 Å². The van der Waals surface area contributed by atoms with Gasteiger partial charge in [0.25, 0.3) is 0 Å². The minimum atomic E-state index is 0.458. The van der Waals surface area contributed by atoms with Gasteiger partial charge in [-0.15, -0.1) is 0 Å². The summed E-state index contributed by atoms with van der Waals surface area (Å²) < 4.78 is 0. The third-order valence-electron chi connectivity index (χ3n) is 6.85. The molecule has 0 aromatic rings. The van der Waals surface area contributed by atoms with Crippen molar-refractivity contribution < 1.29 is 0 Å². The molecule has 1 saturated heterocycles. The van der Waals surface area contributed by atoms with Gasteiger partial charge in [0.05, 0.1) is 0 Å². The molecule has 2 aliphatic carbocycles. The molecule has 1 heterocycles. The van der Waals surface area contributed by atoms with Gasteiger partial charge < -0.3 is 5.32 Å². The van der Waals surface area contributed by atoms with Crippen LogP contribution in [0.3, 0.4) is 0 Å². The second-order valence-corrected chi connectivity index (χ2v) is 8.46. The number of hydrogen-bond acceptors (Lipinski definition) is 2. The van der Waals surface area contributed by atoms with Crippen LogP contribution in [0.1, 0.15) is 71.6 Å². The highest BCUT2D eigenvalue weighted by atomic mass is 15.2. The predicted octanol–water partition coefficient (Wildman–Crippen LogP) is 3.81. The summed E-state index contributed by atoms with van der Waals surface area (Å²) in [6.07, 6.45) is 13.2. The summed E-state index contributed by atoms with van der Waals surface area (Å²) in [5.41, 5.74) is 1.22. The first-order valence-electron chi connectivity index (χ1n) is 8.98. The van der Waals surface area contributed by atoms with E-state index in [1.54, 1.807) is 0 Å². The minimum Gasteiger partial charge on any atom is -0.315 e. The molecular formula is C18H34N2. The van der Waals surface area contributed by atoms with Crippen LogP contribution in [0, 0.1) is 10.8 Å². The first-order chi connectivity index (χ1) is 9.56. The molecular weight excluding hydrogens is 244 g/mol. The first-order valence-corrected chi connectivity index (χ1v) is 8.98. The summed E-state index contributed by atoms with van der Waals surface area (Å²) in [5.74, 6) is 0. The Morgan fingerprint density at radius 3 is 2.15 bits per heavy atom. The Kier molecular flexibility index (Phi) is 4.16. The number of nitrogens with one attached hydrogen (secondary N) is 1. The van der Waals surface area contributed by atoms with Gasteiger partial charge in [0.2, 0.25) is 0 Å². The van der Waals surface area contributed by atoms with Crippen molar-refractivity contribution in [3.8, 4) is 0 Å². The molecule has 0 bridgehead atoms. The van der Waals surface area contributed by atoms with E-state index in [1.807, 2.05) is 0 Å². The Hall–Kier alpha value is -0.0800. The molecule has 2 atom stereocenters. The van der Waals surface area contributed by atoms with Gasteiger partial charge in [-0.25, -0.2) is 0 Å². The van der Waals surface area contributed by atoms with Crippen molar-refractivity contribution in [2.45, 2.75) is 83.7 Å². The van der Waals surface area contributed by atoms with Crippen LogP contribution in [0.2, 0.25) is 0 Å². The molecule has 1 aliphatic heterocycles. The fraction of sp³-hybridized carbons (Fsp3) is 1.00. The van der Waals surface area contributed by atoms with E-state index in [0.29, 0.717) is 11.5 Å². The van der Waals surface area contributed by atoms with E-state index in [2.05, 4.69) is 31.1 Å². The Morgan fingerprint density at radius 2 is 1.55 bits per heavy atom. The minimum absolute atomic E-state index is 0.458. The number of piperidine rings is 1. The van der Waals surface area contributed by atoms with Crippen LogP contribution in [0.15, 0.2) is 0 Å². The molecule has 0 aromatic heterocycles. The zero-order valence-electron chi connectivity index (χ0n) is 13.9. The maximum Gasteiger partial charge on any atom is 0.0271 e. The van der Waals surface area contributed by atoms with Crippen LogP contribution in [0.25, 0.3) is 0 Å². The lowest BCUT2D eigenvalue weighted by molar-refractivity contribution is 0.0113. The summed E-state index contributed by atoms with van der Waals surface area (Å²) in [6.45, 7) is 7.64. The summed E-state index contributed by atoms with van der Waals surface area (Å²) in [6, 6.07) is 1.45. The van der Waals surface area contributed by atoms with E-state index < -0.39 is 0 Å². The second-order valence-electron chi connectivity index (χ2n) is 8.46. The van der Waals surface area contributed by atoms with Crippen LogP contribution in [0.5, 0.6) is 0 Å². The Balaban J connectivity index is 1.64. The van der Waals surface area contributed by atoms with E-state index in [0.717, 1.165) is 11.5 Å². The van der Waals surface area contributed by atoms with Crippen molar-refractivity contribution in [1.29, 1.82) is 0 Å².